The fraction of sp³-hybridized carbons (Fsp3) is 0.200. The fourth-order valence-corrected chi connectivity index (χ4v) is 1.86. The van der Waals surface area contributed by atoms with Crippen LogP contribution in [0.2, 0.25) is 0 Å². The molecule has 0 aliphatic carbocycles. The monoisotopic (exact) mass is 265 g/mol. The number of hydrogen-bond donors (Lipinski definition) is 1. The van der Waals surface area contributed by atoms with Crippen LogP contribution in [0.3, 0.4) is 0 Å². The molecule has 2 aromatic carbocycles. The highest BCUT2D eigenvalue weighted by Crippen LogP contribution is 2.25. The molecular weight excluding hydrogens is 251 g/mol. The molecule has 0 spiro atoms. The third-order valence-electron chi connectivity index (χ3n) is 2.83. The van der Waals surface area contributed by atoms with Gasteiger partial charge >= 0.3 is 0 Å². The van der Waals surface area contributed by atoms with Gasteiger partial charge in [-0.1, -0.05) is 25.1 Å². The largest absolute Gasteiger partial charge is 0.313 e. The van der Waals surface area contributed by atoms with Gasteiger partial charge in [0.15, 0.2) is 11.6 Å². The smallest absolute Gasteiger partial charge is 0.161 e. The average Bonchev–Trinajstić information content (AvgIpc) is 2.41. The first-order chi connectivity index (χ1) is 9.11. The van der Waals surface area contributed by atoms with Gasteiger partial charge in [-0.2, -0.15) is 0 Å². The lowest BCUT2D eigenvalue weighted by Gasteiger charge is -2.08. The summed E-state index contributed by atoms with van der Waals surface area (Å²) in [5.41, 5.74) is 1.56. The van der Waals surface area contributed by atoms with E-state index < -0.39 is 17.5 Å². The van der Waals surface area contributed by atoms with Crippen LogP contribution in [0.25, 0.3) is 11.1 Å². The molecule has 0 unspecified atom stereocenters. The van der Waals surface area contributed by atoms with Crippen LogP contribution in [0.5, 0.6) is 0 Å². The number of benzene rings is 2. The normalized spacial score (nSPS) is 10.7. The van der Waals surface area contributed by atoms with Gasteiger partial charge in [0, 0.05) is 18.2 Å². The lowest BCUT2D eigenvalue weighted by molar-refractivity contribution is 0.496. The third-order valence-corrected chi connectivity index (χ3v) is 2.83. The lowest BCUT2D eigenvalue weighted by Crippen LogP contribution is -2.11. The summed E-state index contributed by atoms with van der Waals surface area (Å²) in [6, 6.07) is 8.55. The number of hydrogen-bond acceptors (Lipinski definition) is 1. The molecule has 2 aromatic rings. The van der Waals surface area contributed by atoms with Crippen LogP contribution in [-0.2, 0) is 6.54 Å². The van der Waals surface area contributed by atoms with E-state index >= 15 is 0 Å². The number of nitrogens with one attached hydrogen (secondary N) is 1. The minimum Gasteiger partial charge on any atom is -0.313 e. The van der Waals surface area contributed by atoms with Crippen LogP contribution in [0.1, 0.15) is 12.5 Å². The van der Waals surface area contributed by atoms with Gasteiger partial charge < -0.3 is 5.32 Å². The molecule has 0 saturated heterocycles. The van der Waals surface area contributed by atoms with E-state index in [4.69, 9.17) is 0 Å². The van der Waals surface area contributed by atoms with Crippen LogP contribution in [-0.4, -0.2) is 6.54 Å². The Hall–Kier alpha value is -1.81. The topological polar surface area (TPSA) is 12.0 Å². The standard InChI is InChI=1S/C15H14F3N/c1-2-19-9-10-4-3-5-11(6-10)12-7-14(17)15(18)8-13(12)16/h3-8,19H,2,9H2,1H3. The van der Waals surface area contributed by atoms with Crippen molar-refractivity contribution >= 4 is 0 Å². The summed E-state index contributed by atoms with van der Waals surface area (Å²) in [6.45, 7) is 3.46. The summed E-state index contributed by atoms with van der Waals surface area (Å²) in [4.78, 5) is 0. The van der Waals surface area contributed by atoms with Crippen molar-refractivity contribution in [3.8, 4) is 11.1 Å². The molecule has 0 amide bonds. The molecule has 1 nitrogen and oxygen atoms in total. The predicted molar refractivity (Wildman–Crippen MR) is 69.1 cm³/mol. The molecule has 19 heavy (non-hydrogen) atoms. The first-order valence-electron chi connectivity index (χ1n) is 6.06. The van der Waals surface area contributed by atoms with Gasteiger partial charge in [-0.25, -0.2) is 13.2 Å². The summed E-state index contributed by atoms with van der Waals surface area (Å²) in [5.74, 6) is -2.99. The summed E-state index contributed by atoms with van der Waals surface area (Å²) < 4.78 is 39.8. The van der Waals surface area contributed by atoms with Crippen molar-refractivity contribution in [3.05, 3.63) is 59.4 Å². The van der Waals surface area contributed by atoms with Gasteiger partial charge in [0.25, 0.3) is 0 Å². The van der Waals surface area contributed by atoms with E-state index in [9.17, 15) is 13.2 Å². The van der Waals surface area contributed by atoms with E-state index in [1.54, 1.807) is 18.2 Å². The molecule has 1 N–H and O–H groups in total. The zero-order chi connectivity index (χ0) is 13.8. The maximum absolute atomic E-state index is 13.7. The Morgan fingerprint density at radius 3 is 2.42 bits per heavy atom. The van der Waals surface area contributed by atoms with E-state index in [0.29, 0.717) is 18.2 Å². The Morgan fingerprint density at radius 1 is 0.947 bits per heavy atom. The number of halogens is 3. The highest BCUT2D eigenvalue weighted by molar-refractivity contribution is 5.65. The summed E-state index contributed by atoms with van der Waals surface area (Å²) in [5, 5.41) is 3.15. The fourth-order valence-electron chi connectivity index (χ4n) is 1.86. The highest BCUT2D eigenvalue weighted by atomic mass is 19.2. The number of rotatable bonds is 4. The van der Waals surface area contributed by atoms with Crippen LogP contribution in [0, 0.1) is 17.5 Å². The Labute approximate surface area is 110 Å². The van der Waals surface area contributed by atoms with Gasteiger partial charge in [-0.05, 0) is 29.8 Å². The second kappa shape index (κ2) is 5.89. The third kappa shape index (κ3) is 3.15. The zero-order valence-electron chi connectivity index (χ0n) is 10.5. The first kappa shape index (κ1) is 13.6. The minimum absolute atomic E-state index is 0.0669. The summed E-state index contributed by atoms with van der Waals surface area (Å²) in [6.07, 6.45) is 0. The highest BCUT2D eigenvalue weighted by Gasteiger charge is 2.11. The SMILES string of the molecule is CCNCc1cccc(-c2cc(F)c(F)cc2F)c1. The van der Waals surface area contributed by atoms with Gasteiger partial charge in [0.05, 0.1) is 0 Å². The molecule has 0 aliphatic heterocycles. The molecule has 0 fully saturated rings. The first-order valence-corrected chi connectivity index (χ1v) is 6.06. The molecule has 0 aromatic heterocycles. The quantitative estimate of drug-likeness (QED) is 0.827. The molecule has 0 bridgehead atoms. The van der Waals surface area contributed by atoms with E-state index in [1.165, 1.54) is 0 Å². The molecule has 0 saturated carbocycles. The van der Waals surface area contributed by atoms with Crippen molar-refractivity contribution in [2.75, 3.05) is 6.54 Å². The predicted octanol–water partition coefficient (Wildman–Crippen LogP) is 3.88. The maximum atomic E-state index is 13.7. The van der Waals surface area contributed by atoms with Crippen LogP contribution < -0.4 is 5.32 Å². The molecular formula is C15H14F3N. The van der Waals surface area contributed by atoms with Crippen LogP contribution >= 0.6 is 0 Å². The van der Waals surface area contributed by atoms with Gasteiger partial charge in [0.2, 0.25) is 0 Å². The van der Waals surface area contributed by atoms with Gasteiger partial charge in [0.1, 0.15) is 5.82 Å². The molecule has 0 aliphatic rings. The second-order valence-corrected chi connectivity index (χ2v) is 4.23. The van der Waals surface area contributed by atoms with Crippen molar-refractivity contribution in [1.29, 1.82) is 0 Å². The Balaban J connectivity index is 2.38. The molecule has 2 rings (SSSR count). The van der Waals surface area contributed by atoms with E-state index in [1.807, 2.05) is 13.0 Å². The van der Waals surface area contributed by atoms with E-state index in [0.717, 1.165) is 18.2 Å². The van der Waals surface area contributed by atoms with Gasteiger partial charge in [-0.3, -0.25) is 0 Å². The van der Waals surface area contributed by atoms with Crippen LogP contribution in [0.15, 0.2) is 36.4 Å². The van der Waals surface area contributed by atoms with Gasteiger partial charge in [-0.15, -0.1) is 0 Å². The molecule has 0 heterocycles. The van der Waals surface area contributed by atoms with E-state index in [-0.39, 0.29) is 5.56 Å². The molecule has 0 atom stereocenters. The van der Waals surface area contributed by atoms with Crippen molar-refractivity contribution in [2.45, 2.75) is 13.5 Å². The second-order valence-electron chi connectivity index (χ2n) is 4.23. The minimum atomic E-state index is -1.18. The van der Waals surface area contributed by atoms with Crippen molar-refractivity contribution in [1.82, 2.24) is 5.32 Å². The Morgan fingerprint density at radius 2 is 1.68 bits per heavy atom. The van der Waals surface area contributed by atoms with Crippen molar-refractivity contribution in [2.24, 2.45) is 0 Å². The lowest BCUT2D eigenvalue weighted by atomic mass is 10.0. The summed E-state index contributed by atoms with van der Waals surface area (Å²) >= 11 is 0. The molecule has 4 heteroatoms. The maximum Gasteiger partial charge on any atom is 0.161 e. The molecule has 0 radical (unpaired) electrons. The average molecular weight is 265 g/mol. The van der Waals surface area contributed by atoms with Crippen molar-refractivity contribution in [3.63, 3.8) is 0 Å². The van der Waals surface area contributed by atoms with Crippen LogP contribution in [0.4, 0.5) is 13.2 Å². The Bertz CT molecular complexity index is 582. The van der Waals surface area contributed by atoms with Crippen molar-refractivity contribution < 1.29 is 13.2 Å². The Kier molecular flexibility index (Phi) is 4.22. The zero-order valence-corrected chi connectivity index (χ0v) is 10.5. The molecule has 100 valence electrons. The van der Waals surface area contributed by atoms with E-state index in [2.05, 4.69) is 5.32 Å². The summed E-state index contributed by atoms with van der Waals surface area (Å²) in [7, 11) is 0.